The van der Waals surface area contributed by atoms with Gasteiger partial charge in [0.2, 0.25) is 5.89 Å². The van der Waals surface area contributed by atoms with Gasteiger partial charge in [-0.05, 0) is 42.0 Å². The summed E-state index contributed by atoms with van der Waals surface area (Å²) < 4.78 is 10.7. The molecule has 0 saturated carbocycles. The predicted molar refractivity (Wildman–Crippen MR) is 82.7 cm³/mol. The van der Waals surface area contributed by atoms with Gasteiger partial charge in [0, 0.05) is 6.92 Å². The first-order valence-corrected chi connectivity index (χ1v) is 7.56. The maximum atomic E-state index is 11.3. The normalized spacial score (nSPS) is 11.5. The average Bonchev–Trinajstić information content (AvgIpc) is 2.91. The fraction of sp³-hybridized carbons (Fsp3) is 0.267. The molecule has 116 valence electrons. The monoisotopic (exact) mass is 320 g/mol. The second kappa shape index (κ2) is 7.65. The summed E-state index contributed by atoms with van der Waals surface area (Å²) in [4.78, 5) is 11.4. The maximum Gasteiger partial charge on any atom is 0.342 e. The van der Waals surface area contributed by atoms with Crippen LogP contribution in [-0.4, -0.2) is 27.9 Å². The Hall–Kier alpha value is -2.28. The highest BCUT2D eigenvalue weighted by Gasteiger charge is 2.14. The number of aryl methyl sites for hydroxylation is 1. The van der Waals surface area contributed by atoms with Crippen molar-refractivity contribution in [1.82, 2.24) is 10.2 Å². The molecule has 0 radical (unpaired) electrons. The summed E-state index contributed by atoms with van der Waals surface area (Å²) in [6, 6.07) is 7.21. The van der Waals surface area contributed by atoms with Gasteiger partial charge >= 0.3 is 5.97 Å². The summed E-state index contributed by atoms with van der Waals surface area (Å²) in [5.74, 6) is 0.105. The summed E-state index contributed by atoms with van der Waals surface area (Å²) in [7, 11) is 0. The van der Waals surface area contributed by atoms with Crippen molar-refractivity contribution in [2.24, 2.45) is 0 Å². The minimum atomic E-state index is -1.05. The van der Waals surface area contributed by atoms with E-state index in [-0.39, 0.29) is 10.1 Å². The predicted octanol–water partition coefficient (Wildman–Crippen LogP) is 3.38. The van der Waals surface area contributed by atoms with Crippen LogP contribution in [0.25, 0.3) is 6.08 Å². The third-order valence-corrected chi connectivity index (χ3v) is 3.42. The zero-order valence-corrected chi connectivity index (χ0v) is 13.1. The van der Waals surface area contributed by atoms with Gasteiger partial charge in [0.25, 0.3) is 5.22 Å². The van der Waals surface area contributed by atoms with Crippen LogP contribution in [0.15, 0.2) is 38.8 Å². The van der Waals surface area contributed by atoms with Crippen LogP contribution in [0, 0.1) is 6.92 Å². The van der Waals surface area contributed by atoms with Crippen LogP contribution < -0.4 is 4.74 Å². The number of ether oxygens (including phenoxy) is 1. The van der Waals surface area contributed by atoms with Gasteiger partial charge < -0.3 is 14.3 Å². The first kappa shape index (κ1) is 16.1. The molecule has 0 aliphatic rings. The Balaban J connectivity index is 2.13. The zero-order valence-electron chi connectivity index (χ0n) is 12.3. The molecule has 22 heavy (non-hydrogen) atoms. The first-order valence-electron chi connectivity index (χ1n) is 6.74. The van der Waals surface area contributed by atoms with Crippen molar-refractivity contribution >= 4 is 23.8 Å². The molecule has 0 bridgehead atoms. The smallest absolute Gasteiger partial charge is 0.342 e. The fourth-order valence-electron chi connectivity index (χ4n) is 1.58. The van der Waals surface area contributed by atoms with Gasteiger partial charge in [-0.1, -0.05) is 19.1 Å². The van der Waals surface area contributed by atoms with Crippen LogP contribution in [0.2, 0.25) is 0 Å². The van der Waals surface area contributed by atoms with E-state index in [4.69, 9.17) is 9.15 Å². The maximum absolute atomic E-state index is 11.3. The minimum absolute atomic E-state index is 0.103. The van der Waals surface area contributed by atoms with E-state index in [1.165, 1.54) is 0 Å². The van der Waals surface area contributed by atoms with E-state index in [0.717, 1.165) is 29.5 Å². The topological polar surface area (TPSA) is 85.5 Å². The number of rotatable bonds is 7. The standard InChI is InChI=1S/C15H16N2O4S/c1-3-8-20-12-6-4-11(5-7-12)9-13(14(18)19)22-15-17-16-10(2)21-15/h4-7,9H,3,8H2,1-2H3,(H,18,19)/b13-9+. The van der Waals surface area contributed by atoms with Crippen molar-refractivity contribution < 1.29 is 19.1 Å². The van der Waals surface area contributed by atoms with Crippen LogP contribution in [0.3, 0.4) is 0 Å². The van der Waals surface area contributed by atoms with Crippen molar-refractivity contribution in [3.8, 4) is 5.75 Å². The number of benzene rings is 1. The number of nitrogens with zero attached hydrogens (tertiary/aromatic N) is 2. The Morgan fingerprint density at radius 3 is 2.64 bits per heavy atom. The molecule has 1 heterocycles. The van der Waals surface area contributed by atoms with Crippen molar-refractivity contribution in [2.75, 3.05) is 6.61 Å². The lowest BCUT2D eigenvalue weighted by molar-refractivity contribution is -0.131. The number of aliphatic carboxylic acids is 1. The molecule has 2 aromatic rings. The molecule has 0 aliphatic carbocycles. The molecule has 0 unspecified atom stereocenters. The molecular weight excluding hydrogens is 304 g/mol. The molecule has 1 N–H and O–H groups in total. The highest BCUT2D eigenvalue weighted by atomic mass is 32.2. The number of hydrogen-bond acceptors (Lipinski definition) is 6. The van der Waals surface area contributed by atoms with E-state index in [0.29, 0.717) is 12.5 Å². The molecule has 0 spiro atoms. The highest BCUT2D eigenvalue weighted by Crippen LogP contribution is 2.27. The van der Waals surface area contributed by atoms with Gasteiger partial charge in [-0.2, -0.15) is 0 Å². The first-order chi connectivity index (χ1) is 10.6. The molecule has 0 amide bonds. The van der Waals surface area contributed by atoms with Gasteiger partial charge in [0.1, 0.15) is 10.7 Å². The highest BCUT2D eigenvalue weighted by molar-refractivity contribution is 8.03. The van der Waals surface area contributed by atoms with E-state index >= 15 is 0 Å². The summed E-state index contributed by atoms with van der Waals surface area (Å²) in [5.41, 5.74) is 0.755. The van der Waals surface area contributed by atoms with Crippen molar-refractivity contribution in [3.63, 3.8) is 0 Å². The van der Waals surface area contributed by atoms with Gasteiger partial charge in [-0.3, -0.25) is 0 Å². The Bertz CT molecular complexity index is 664. The third-order valence-electron chi connectivity index (χ3n) is 2.57. The lowest BCUT2D eigenvalue weighted by Gasteiger charge is -2.04. The third kappa shape index (κ3) is 4.63. The number of thioether (sulfide) groups is 1. The van der Waals surface area contributed by atoms with Gasteiger partial charge in [-0.15, -0.1) is 10.2 Å². The van der Waals surface area contributed by atoms with Crippen LogP contribution in [-0.2, 0) is 4.79 Å². The van der Waals surface area contributed by atoms with E-state index < -0.39 is 5.97 Å². The number of carboxylic acids is 1. The van der Waals surface area contributed by atoms with Gasteiger partial charge in [0.05, 0.1) is 6.61 Å². The molecule has 0 aliphatic heterocycles. The molecule has 6 nitrogen and oxygen atoms in total. The quantitative estimate of drug-likeness (QED) is 0.618. The molecule has 0 fully saturated rings. The van der Waals surface area contributed by atoms with Gasteiger partial charge in [-0.25, -0.2) is 4.79 Å². The number of hydrogen-bond donors (Lipinski definition) is 1. The second-order valence-corrected chi connectivity index (χ2v) is 5.41. The fourth-order valence-corrected chi connectivity index (χ4v) is 2.29. The van der Waals surface area contributed by atoms with Crippen LogP contribution in [0.1, 0.15) is 24.8 Å². The SMILES string of the molecule is CCCOc1ccc(/C=C(/Sc2nnc(C)o2)C(=O)O)cc1. The minimum Gasteiger partial charge on any atom is -0.494 e. The molecular formula is C15H16N2O4S. The van der Waals surface area contributed by atoms with Crippen LogP contribution in [0.5, 0.6) is 5.75 Å². The summed E-state index contributed by atoms with van der Waals surface area (Å²) >= 11 is 0.921. The Morgan fingerprint density at radius 1 is 1.36 bits per heavy atom. The second-order valence-electron chi connectivity index (χ2n) is 4.42. The molecule has 7 heteroatoms. The van der Waals surface area contributed by atoms with E-state index in [9.17, 15) is 9.90 Å². The van der Waals surface area contributed by atoms with Crippen LogP contribution in [0.4, 0.5) is 0 Å². The largest absolute Gasteiger partial charge is 0.494 e. The summed E-state index contributed by atoms with van der Waals surface area (Å²) in [5, 5.41) is 16.9. The Morgan fingerprint density at radius 2 is 2.09 bits per heavy atom. The number of carbonyl (C=O) groups is 1. The zero-order chi connectivity index (χ0) is 15.9. The van der Waals surface area contributed by atoms with E-state index in [1.54, 1.807) is 25.1 Å². The van der Waals surface area contributed by atoms with Crippen LogP contribution >= 0.6 is 11.8 Å². The molecule has 2 rings (SSSR count). The van der Waals surface area contributed by atoms with E-state index in [1.807, 2.05) is 19.1 Å². The molecule has 1 aromatic carbocycles. The molecule has 1 aromatic heterocycles. The summed E-state index contributed by atoms with van der Waals surface area (Å²) in [6.45, 7) is 4.34. The average molecular weight is 320 g/mol. The summed E-state index contributed by atoms with van der Waals surface area (Å²) in [6.07, 6.45) is 2.49. The molecule has 0 atom stereocenters. The van der Waals surface area contributed by atoms with Crippen molar-refractivity contribution in [1.29, 1.82) is 0 Å². The van der Waals surface area contributed by atoms with Crippen molar-refractivity contribution in [3.05, 3.63) is 40.6 Å². The lowest BCUT2D eigenvalue weighted by Crippen LogP contribution is -1.97. The van der Waals surface area contributed by atoms with E-state index in [2.05, 4.69) is 10.2 Å². The lowest BCUT2D eigenvalue weighted by atomic mass is 10.2. The Labute approximate surface area is 132 Å². The number of carboxylic acid groups (broad SMARTS) is 1. The van der Waals surface area contributed by atoms with Crippen molar-refractivity contribution in [2.45, 2.75) is 25.5 Å². The Kier molecular flexibility index (Phi) is 5.60. The molecule has 0 saturated heterocycles. The van der Waals surface area contributed by atoms with Gasteiger partial charge in [0.15, 0.2) is 0 Å². The number of aromatic nitrogens is 2.